The number of aryl methyl sites for hydroxylation is 1. The summed E-state index contributed by atoms with van der Waals surface area (Å²) < 4.78 is 14.9. The Balaban J connectivity index is 2.95. The predicted octanol–water partition coefficient (Wildman–Crippen LogP) is 2.59. The molecule has 0 bridgehead atoms. The molecule has 0 spiro atoms. The standard InChI is InChI=1S/C13H17NO5/c1-5-17-13(16)19-11-9(2)7-6-8-10(11)18-12(15)14(3)4/h6-8H,5H2,1-4H3. The van der Waals surface area contributed by atoms with Crippen LogP contribution in [-0.2, 0) is 4.74 Å². The van der Waals surface area contributed by atoms with Gasteiger partial charge in [-0.25, -0.2) is 9.59 Å². The first-order chi connectivity index (χ1) is 8.95. The molecule has 0 aromatic heterocycles. The van der Waals surface area contributed by atoms with Crippen LogP contribution >= 0.6 is 0 Å². The second kappa shape index (κ2) is 6.63. The second-order valence-electron chi connectivity index (χ2n) is 3.95. The number of carbonyl (C=O) groups excluding carboxylic acids is 2. The fourth-order valence-corrected chi connectivity index (χ4v) is 1.25. The Kier molecular flexibility index (Phi) is 5.17. The molecule has 1 aromatic carbocycles. The summed E-state index contributed by atoms with van der Waals surface area (Å²) in [6, 6.07) is 4.98. The third kappa shape index (κ3) is 4.17. The van der Waals surface area contributed by atoms with Crippen molar-refractivity contribution in [2.24, 2.45) is 0 Å². The van der Waals surface area contributed by atoms with Gasteiger partial charge in [0.15, 0.2) is 11.5 Å². The quantitative estimate of drug-likeness (QED) is 0.622. The van der Waals surface area contributed by atoms with Crippen LogP contribution in [-0.4, -0.2) is 37.9 Å². The molecule has 0 aliphatic heterocycles. The Hall–Kier alpha value is -2.24. The van der Waals surface area contributed by atoms with Crippen LogP contribution in [0.25, 0.3) is 0 Å². The van der Waals surface area contributed by atoms with E-state index in [2.05, 4.69) is 0 Å². The maximum Gasteiger partial charge on any atom is 0.513 e. The smallest absolute Gasteiger partial charge is 0.434 e. The lowest BCUT2D eigenvalue weighted by Gasteiger charge is -2.14. The second-order valence-corrected chi connectivity index (χ2v) is 3.95. The van der Waals surface area contributed by atoms with Gasteiger partial charge < -0.3 is 19.1 Å². The van der Waals surface area contributed by atoms with Crippen LogP contribution in [0, 0.1) is 6.92 Å². The third-order valence-corrected chi connectivity index (χ3v) is 2.19. The van der Waals surface area contributed by atoms with E-state index >= 15 is 0 Å². The van der Waals surface area contributed by atoms with Crippen LogP contribution < -0.4 is 9.47 Å². The molecule has 0 saturated heterocycles. The number of nitrogens with zero attached hydrogens (tertiary/aromatic N) is 1. The molecule has 104 valence electrons. The zero-order valence-electron chi connectivity index (χ0n) is 11.4. The highest BCUT2D eigenvalue weighted by Gasteiger charge is 2.17. The van der Waals surface area contributed by atoms with E-state index in [0.29, 0.717) is 5.56 Å². The first kappa shape index (κ1) is 14.8. The Labute approximate surface area is 111 Å². The van der Waals surface area contributed by atoms with Crippen LogP contribution in [0.15, 0.2) is 18.2 Å². The van der Waals surface area contributed by atoms with Crippen LogP contribution in [0.2, 0.25) is 0 Å². The summed E-state index contributed by atoms with van der Waals surface area (Å²) in [5, 5.41) is 0. The highest BCUT2D eigenvalue weighted by Crippen LogP contribution is 2.31. The third-order valence-electron chi connectivity index (χ3n) is 2.19. The molecule has 0 heterocycles. The molecule has 1 aromatic rings. The van der Waals surface area contributed by atoms with Crippen molar-refractivity contribution < 1.29 is 23.8 Å². The molecule has 0 atom stereocenters. The molecule has 0 aliphatic rings. The van der Waals surface area contributed by atoms with Crippen LogP contribution in [0.5, 0.6) is 11.5 Å². The van der Waals surface area contributed by atoms with Crippen molar-refractivity contribution in [3.8, 4) is 11.5 Å². The van der Waals surface area contributed by atoms with Crippen molar-refractivity contribution in [3.05, 3.63) is 23.8 Å². The van der Waals surface area contributed by atoms with Crippen LogP contribution in [0.1, 0.15) is 12.5 Å². The highest BCUT2D eigenvalue weighted by atomic mass is 16.7. The zero-order valence-corrected chi connectivity index (χ0v) is 11.4. The maximum absolute atomic E-state index is 11.5. The van der Waals surface area contributed by atoms with E-state index in [9.17, 15) is 9.59 Å². The van der Waals surface area contributed by atoms with Gasteiger partial charge in [0.25, 0.3) is 0 Å². The summed E-state index contributed by atoms with van der Waals surface area (Å²) in [6.45, 7) is 3.62. The van der Waals surface area contributed by atoms with Crippen LogP contribution in [0.4, 0.5) is 9.59 Å². The first-order valence-electron chi connectivity index (χ1n) is 5.79. The van der Waals surface area contributed by atoms with Crippen LogP contribution in [0.3, 0.4) is 0 Å². The minimum atomic E-state index is -0.834. The maximum atomic E-state index is 11.5. The number of carbonyl (C=O) groups is 2. The molecule has 0 fully saturated rings. The predicted molar refractivity (Wildman–Crippen MR) is 68.5 cm³/mol. The summed E-state index contributed by atoms with van der Waals surface area (Å²) in [5.74, 6) is 0.350. The largest absolute Gasteiger partial charge is 0.513 e. The molecule has 6 nitrogen and oxygen atoms in total. The molecule has 0 radical (unpaired) electrons. The number of amides is 1. The van der Waals surface area contributed by atoms with E-state index in [1.807, 2.05) is 0 Å². The summed E-state index contributed by atoms with van der Waals surface area (Å²) in [4.78, 5) is 24.1. The summed E-state index contributed by atoms with van der Waals surface area (Å²) >= 11 is 0. The van der Waals surface area contributed by atoms with E-state index in [1.54, 1.807) is 46.1 Å². The molecular formula is C13H17NO5. The average Bonchev–Trinajstić information content (AvgIpc) is 2.33. The number of rotatable bonds is 3. The van der Waals surface area contributed by atoms with Crippen molar-refractivity contribution in [2.45, 2.75) is 13.8 Å². The summed E-state index contributed by atoms with van der Waals surface area (Å²) in [7, 11) is 3.12. The van der Waals surface area contributed by atoms with E-state index in [-0.39, 0.29) is 18.1 Å². The van der Waals surface area contributed by atoms with Gasteiger partial charge in [-0.2, -0.15) is 0 Å². The monoisotopic (exact) mass is 267 g/mol. The van der Waals surface area contributed by atoms with E-state index in [1.165, 1.54) is 4.90 Å². The number of hydrogen-bond donors (Lipinski definition) is 0. The normalized spacial score (nSPS) is 9.68. The molecule has 0 aliphatic carbocycles. The highest BCUT2D eigenvalue weighted by molar-refractivity contribution is 5.73. The molecule has 1 rings (SSSR count). The van der Waals surface area contributed by atoms with Crippen molar-refractivity contribution in [3.63, 3.8) is 0 Å². The topological polar surface area (TPSA) is 65.1 Å². The van der Waals surface area contributed by atoms with Gasteiger partial charge in [0, 0.05) is 14.1 Å². The van der Waals surface area contributed by atoms with Crippen molar-refractivity contribution in [1.29, 1.82) is 0 Å². The minimum Gasteiger partial charge on any atom is -0.434 e. The number of para-hydroxylation sites is 1. The van der Waals surface area contributed by atoms with Gasteiger partial charge in [-0.05, 0) is 25.5 Å². The Morgan fingerprint density at radius 1 is 1.21 bits per heavy atom. The van der Waals surface area contributed by atoms with Crippen molar-refractivity contribution in [1.82, 2.24) is 4.90 Å². The Morgan fingerprint density at radius 3 is 2.47 bits per heavy atom. The summed E-state index contributed by atoms with van der Waals surface area (Å²) in [5.41, 5.74) is 0.664. The van der Waals surface area contributed by atoms with Crippen molar-refractivity contribution in [2.75, 3.05) is 20.7 Å². The molecule has 6 heteroatoms. The molecular weight excluding hydrogens is 250 g/mol. The fraction of sp³-hybridized carbons (Fsp3) is 0.385. The Bertz CT molecular complexity index is 470. The van der Waals surface area contributed by atoms with Gasteiger partial charge in [0.2, 0.25) is 0 Å². The fourth-order valence-electron chi connectivity index (χ4n) is 1.25. The van der Waals surface area contributed by atoms with Gasteiger partial charge in [0.05, 0.1) is 6.61 Å². The van der Waals surface area contributed by atoms with Gasteiger partial charge in [-0.1, -0.05) is 12.1 Å². The molecule has 1 amide bonds. The first-order valence-corrected chi connectivity index (χ1v) is 5.79. The lowest BCUT2D eigenvalue weighted by molar-refractivity contribution is 0.102. The van der Waals surface area contributed by atoms with E-state index < -0.39 is 12.2 Å². The molecule has 0 unspecified atom stereocenters. The number of ether oxygens (including phenoxy) is 3. The van der Waals surface area contributed by atoms with Crippen molar-refractivity contribution >= 4 is 12.2 Å². The van der Waals surface area contributed by atoms with Gasteiger partial charge in [0.1, 0.15) is 0 Å². The summed E-state index contributed by atoms with van der Waals surface area (Å²) in [6.07, 6.45) is -1.39. The molecule has 19 heavy (non-hydrogen) atoms. The molecule has 0 saturated carbocycles. The average molecular weight is 267 g/mol. The van der Waals surface area contributed by atoms with E-state index in [4.69, 9.17) is 14.2 Å². The SMILES string of the molecule is CCOC(=O)Oc1c(C)cccc1OC(=O)N(C)C. The minimum absolute atomic E-state index is 0.173. The lowest BCUT2D eigenvalue weighted by atomic mass is 10.2. The molecule has 0 N–H and O–H groups in total. The van der Waals surface area contributed by atoms with Gasteiger partial charge >= 0.3 is 12.2 Å². The zero-order chi connectivity index (χ0) is 14.4. The van der Waals surface area contributed by atoms with Gasteiger partial charge in [-0.3, -0.25) is 0 Å². The number of benzene rings is 1. The van der Waals surface area contributed by atoms with Gasteiger partial charge in [-0.15, -0.1) is 0 Å². The number of hydrogen-bond acceptors (Lipinski definition) is 5. The lowest BCUT2D eigenvalue weighted by Crippen LogP contribution is -2.25. The van der Waals surface area contributed by atoms with E-state index in [0.717, 1.165) is 0 Å². The Morgan fingerprint density at radius 2 is 1.89 bits per heavy atom.